The number of halogens is 2. The summed E-state index contributed by atoms with van der Waals surface area (Å²) in [6, 6.07) is 13.1. The molecule has 0 saturated carbocycles. The van der Waals surface area contributed by atoms with E-state index in [0.29, 0.717) is 17.0 Å². The van der Waals surface area contributed by atoms with Crippen LogP contribution < -0.4 is 10.6 Å². The molecule has 2 amide bonds. The Morgan fingerprint density at radius 3 is 2.61 bits per heavy atom. The van der Waals surface area contributed by atoms with Gasteiger partial charge in [-0.2, -0.15) is 0 Å². The maximum absolute atomic E-state index is 13.5. The lowest BCUT2D eigenvalue weighted by molar-refractivity contribution is -0.121. The Kier molecular flexibility index (Phi) is 6.11. The van der Waals surface area contributed by atoms with Crippen molar-refractivity contribution in [3.8, 4) is 11.3 Å². The maximum atomic E-state index is 13.5. The summed E-state index contributed by atoms with van der Waals surface area (Å²) in [5.74, 6) is -1.50. The summed E-state index contributed by atoms with van der Waals surface area (Å²) in [7, 11) is 0. The molecule has 6 nitrogen and oxygen atoms in total. The molecule has 0 aliphatic rings. The highest BCUT2D eigenvalue weighted by atomic mass is 19.1. The molecule has 1 aromatic heterocycles. The third kappa shape index (κ3) is 5.00. The summed E-state index contributed by atoms with van der Waals surface area (Å²) in [6.45, 7) is 0.159. The number of nitrogens with one attached hydrogen (secondary N) is 2. The Hall–Kier alpha value is -3.55. The molecule has 3 rings (SSSR count). The van der Waals surface area contributed by atoms with Crippen molar-refractivity contribution in [3.63, 3.8) is 0 Å². The summed E-state index contributed by atoms with van der Waals surface area (Å²) >= 11 is 0. The number of carbonyl (C=O) groups is 2. The van der Waals surface area contributed by atoms with Crippen LogP contribution in [0, 0.1) is 11.6 Å². The number of rotatable bonds is 7. The molecule has 0 aliphatic carbocycles. The van der Waals surface area contributed by atoms with Crippen LogP contribution in [0.1, 0.15) is 22.5 Å². The van der Waals surface area contributed by atoms with Gasteiger partial charge in [0.2, 0.25) is 5.91 Å². The van der Waals surface area contributed by atoms with Gasteiger partial charge in [0.25, 0.3) is 5.91 Å². The van der Waals surface area contributed by atoms with E-state index in [4.69, 9.17) is 4.52 Å². The number of hydrogen-bond donors (Lipinski definition) is 2. The molecule has 0 saturated heterocycles. The second kappa shape index (κ2) is 8.90. The van der Waals surface area contributed by atoms with Crippen LogP contribution in [0.2, 0.25) is 0 Å². The molecule has 144 valence electrons. The van der Waals surface area contributed by atoms with Gasteiger partial charge >= 0.3 is 0 Å². The summed E-state index contributed by atoms with van der Waals surface area (Å²) in [5, 5.41) is 8.96. The highest BCUT2D eigenvalue weighted by Crippen LogP contribution is 2.19. The molecular weight excluding hydrogens is 368 g/mol. The number of aromatic nitrogens is 1. The van der Waals surface area contributed by atoms with Crippen molar-refractivity contribution in [2.45, 2.75) is 13.0 Å². The number of hydrogen-bond acceptors (Lipinski definition) is 4. The molecule has 0 radical (unpaired) electrons. The molecule has 2 aromatic carbocycles. The van der Waals surface area contributed by atoms with E-state index in [1.165, 1.54) is 30.3 Å². The van der Waals surface area contributed by atoms with Crippen LogP contribution >= 0.6 is 0 Å². The number of amides is 2. The predicted octanol–water partition coefficient (Wildman–Crippen LogP) is 3.06. The molecule has 28 heavy (non-hydrogen) atoms. The summed E-state index contributed by atoms with van der Waals surface area (Å²) in [5.41, 5.74) is 0.951. The van der Waals surface area contributed by atoms with Crippen molar-refractivity contribution in [1.29, 1.82) is 0 Å². The average molecular weight is 385 g/mol. The van der Waals surface area contributed by atoms with Gasteiger partial charge in [-0.15, -0.1) is 0 Å². The standard InChI is InChI=1S/C20H17F2N3O3/c21-14-5-3-4-13(10-14)18-11-15(28-25-18)12-24-19(26)8-9-23-20(27)16-6-1-2-7-17(16)22/h1-7,10-11H,8-9,12H2,(H,23,27)(H,24,26). The first-order chi connectivity index (χ1) is 13.5. The minimum atomic E-state index is -0.621. The van der Waals surface area contributed by atoms with Crippen LogP contribution in [0.15, 0.2) is 59.1 Å². The average Bonchev–Trinajstić information content (AvgIpc) is 3.16. The van der Waals surface area contributed by atoms with Gasteiger partial charge in [-0.25, -0.2) is 8.78 Å². The van der Waals surface area contributed by atoms with E-state index in [0.717, 1.165) is 0 Å². The van der Waals surface area contributed by atoms with E-state index < -0.39 is 11.7 Å². The third-order valence-corrected chi connectivity index (χ3v) is 3.90. The quantitative estimate of drug-likeness (QED) is 0.655. The monoisotopic (exact) mass is 385 g/mol. The van der Waals surface area contributed by atoms with Crippen LogP contribution in [0.5, 0.6) is 0 Å². The molecule has 0 bridgehead atoms. The lowest BCUT2D eigenvalue weighted by atomic mass is 10.1. The molecule has 0 spiro atoms. The highest BCUT2D eigenvalue weighted by molar-refractivity contribution is 5.94. The first-order valence-electron chi connectivity index (χ1n) is 8.54. The van der Waals surface area contributed by atoms with Crippen molar-refractivity contribution in [3.05, 3.63) is 77.6 Å². The fourth-order valence-corrected chi connectivity index (χ4v) is 2.48. The number of carbonyl (C=O) groups excluding carboxylic acids is 2. The molecule has 1 heterocycles. The fraction of sp³-hybridized carbons (Fsp3) is 0.150. The van der Waals surface area contributed by atoms with Gasteiger partial charge in [0, 0.05) is 24.6 Å². The number of benzene rings is 2. The van der Waals surface area contributed by atoms with Crippen LogP contribution in [0.25, 0.3) is 11.3 Å². The van der Waals surface area contributed by atoms with Crippen LogP contribution in [-0.2, 0) is 11.3 Å². The normalized spacial score (nSPS) is 10.5. The SMILES string of the molecule is O=C(CCNC(=O)c1ccccc1F)NCc1cc(-c2cccc(F)c2)no1. The van der Waals surface area contributed by atoms with E-state index in [2.05, 4.69) is 15.8 Å². The molecule has 8 heteroatoms. The molecule has 3 aromatic rings. The topological polar surface area (TPSA) is 84.2 Å². The summed E-state index contributed by atoms with van der Waals surface area (Å²) in [6.07, 6.45) is 0.0189. The lowest BCUT2D eigenvalue weighted by Gasteiger charge is -2.06. The Morgan fingerprint density at radius 2 is 1.82 bits per heavy atom. The Bertz CT molecular complexity index is 988. The van der Waals surface area contributed by atoms with Gasteiger partial charge in [0.05, 0.1) is 12.1 Å². The van der Waals surface area contributed by atoms with Gasteiger partial charge in [0.1, 0.15) is 17.3 Å². The number of nitrogens with zero attached hydrogens (tertiary/aromatic N) is 1. The van der Waals surface area contributed by atoms with E-state index >= 15 is 0 Å². The van der Waals surface area contributed by atoms with Crippen molar-refractivity contribution >= 4 is 11.8 Å². The minimum Gasteiger partial charge on any atom is -0.359 e. The van der Waals surface area contributed by atoms with Crippen molar-refractivity contribution < 1.29 is 22.9 Å². The van der Waals surface area contributed by atoms with Crippen molar-refractivity contribution in [1.82, 2.24) is 15.8 Å². The van der Waals surface area contributed by atoms with E-state index in [1.54, 1.807) is 24.3 Å². The van der Waals surface area contributed by atoms with Crippen LogP contribution in [0.4, 0.5) is 8.78 Å². The molecule has 2 N–H and O–H groups in total. The first-order valence-corrected chi connectivity index (χ1v) is 8.54. The van der Waals surface area contributed by atoms with Crippen molar-refractivity contribution in [2.24, 2.45) is 0 Å². The first kappa shape index (κ1) is 19.2. The summed E-state index contributed by atoms with van der Waals surface area (Å²) < 4.78 is 31.9. The van der Waals surface area contributed by atoms with Gasteiger partial charge in [-0.1, -0.05) is 29.4 Å². The predicted molar refractivity (Wildman–Crippen MR) is 97.1 cm³/mol. The van der Waals surface area contributed by atoms with E-state index in [-0.39, 0.29) is 36.8 Å². The third-order valence-electron chi connectivity index (χ3n) is 3.90. The molecule has 0 fully saturated rings. The fourth-order valence-electron chi connectivity index (χ4n) is 2.48. The second-order valence-corrected chi connectivity index (χ2v) is 5.95. The Balaban J connectivity index is 1.44. The zero-order valence-corrected chi connectivity index (χ0v) is 14.7. The lowest BCUT2D eigenvalue weighted by Crippen LogP contribution is -2.30. The highest BCUT2D eigenvalue weighted by Gasteiger charge is 2.12. The zero-order valence-electron chi connectivity index (χ0n) is 14.7. The molecule has 0 unspecified atom stereocenters. The van der Waals surface area contributed by atoms with Crippen molar-refractivity contribution in [2.75, 3.05) is 6.54 Å². The maximum Gasteiger partial charge on any atom is 0.254 e. The van der Waals surface area contributed by atoms with E-state index in [9.17, 15) is 18.4 Å². The second-order valence-electron chi connectivity index (χ2n) is 5.95. The van der Waals surface area contributed by atoms with Crippen LogP contribution in [0.3, 0.4) is 0 Å². The summed E-state index contributed by atoms with van der Waals surface area (Å²) in [4.78, 5) is 23.7. The smallest absolute Gasteiger partial charge is 0.254 e. The molecule has 0 atom stereocenters. The van der Waals surface area contributed by atoms with Gasteiger partial charge in [0.15, 0.2) is 5.76 Å². The van der Waals surface area contributed by atoms with Crippen LogP contribution in [-0.4, -0.2) is 23.5 Å². The largest absolute Gasteiger partial charge is 0.359 e. The van der Waals surface area contributed by atoms with Gasteiger partial charge in [-0.3, -0.25) is 9.59 Å². The zero-order chi connectivity index (χ0) is 19.9. The Labute approximate surface area is 159 Å². The Morgan fingerprint density at radius 1 is 1.00 bits per heavy atom. The minimum absolute atomic E-state index is 0.0189. The molecular formula is C20H17F2N3O3. The molecule has 0 aliphatic heterocycles. The van der Waals surface area contributed by atoms with E-state index in [1.807, 2.05) is 0 Å². The van der Waals surface area contributed by atoms with Gasteiger partial charge < -0.3 is 15.2 Å². The van der Waals surface area contributed by atoms with Gasteiger partial charge in [-0.05, 0) is 24.3 Å².